The number of rotatable bonds is 4. The topological polar surface area (TPSA) is 55.4 Å². The van der Waals surface area contributed by atoms with Gasteiger partial charge in [0.05, 0.1) is 12.2 Å². The number of amides is 1. The third-order valence-corrected chi connectivity index (χ3v) is 2.68. The van der Waals surface area contributed by atoms with Crippen LogP contribution in [0.4, 0.5) is 5.69 Å². The molecule has 1 amide bonds. The third-order valence-electron chi connectivity index (χ3n) is 2.07. The molecule has 1 N–H and O–H groups in total. The van der Waals surface area contributed by atoms with Crippen molar-refractivity contribution in [2.45, 2.75) is 19.2 Å². The molecule has 0 radical (unpaired) electrons. The molecule has 1 aromatic carbocycles. The lowest BCUT2D eigenvalue weighted by Gasteiger charge is -2.09. The van der Waals surface area contributed by atoms with Crippen molar-refractivity contribution in [3.8, 4) is 0 Å². The summed E-state index contributed by atoms with van der Waals surface area (Å²) in [6.07, 6.45) is 0. The summed E-state index contributed by atoms with van der Waals surface area (Å²) in [5, 5.41) is 3.25. The second-order valence-corrected chi connectivity index (χ2v) is 3.97. The minimum Gasteiger partial charge on any atom is -0.462 e. The van der Waals surface area contributed by atoms with E-state index in [2.05, 4.69) is 21.2 Å². The van der Waals surface area contributed by atoms with Crippen molar-refractivity contribution < 1.29 is 14.3 Å². The summed E-state index contributed by atoms with van der Waals surface area (Å²) in [4.78, 5) is 22.5. The highest BCUT2D eigenvalue weighted by atomic mass is 79.9. The van der Waals surface area contributed by atoms with E-state index >= 15 is 0 Å². The van der Waals surface area contributed by atoms with Crippen molar-refractivity contribution in [2.75, 3.05) is 11.9 Å². The minimum atomic E-state index is -0.357. The van der Waals surface area contributed by atoms with Crippen LogP contribution in [0.2, 0.25) is 0 Å². The van der Waals surface area contributed by atoms with Crippen molar-refractivity contribution in [1.29, 1.82) is 0 Å². The van der Waals surface area contributed by atoms with Crippen LogP contribution in [-0.2, 0) is 14.9 Å². The number of ether oxygens (including phenoxy) is 1. The van der Waals surface area contributed by atoms with Crippen LogP contribution >= 0.6 is 15.9 Å². The van der Waals surface area contributed by atoms with Gasteiger partial charge in [-0.15, -0.1) is 0 Å². The van der Waals surface area contributed by atoms with Crippen molar-refractivity contribution in [2.24, 2.45) is 0 Å². The van der Waals surface area contributed by atoms with Crippen molar-refractivity contribution in [3.05, 3.63) is 29.3 Å². The van der Waals surface area contributed by atoms with Crippen molar-refractivity contribution in [1.82, 2.24) is 0 Å². The van der Waals surface area contributed by atoms with Crippen LogP contribution in [0.1, 0.15) is 29.8 Å². The first-order valence-corrected chi connectivity index (χ1v) is 6.34. The number of carbonyl (C=O) groups excluding carboxylic acids is 2. The van der Waals surface area contributed by atoms with E-state index in [9.17, 15) is 9.59 Å². The molecule has 0 aliphatic rings. The van der Waals surface area contributed by atoms with Gasteiger partial charge in [-0.2, -0.15) is 0 Å². The van der Waals surface area contributed by atoms with E-state index in [0.29, 0.717) is 23.2 Å². The Morgan fingerprint density at radius 1 is 1.41 bits per heavy atom. The molecule has 0 atom stereocenters. The zero-order chi connectivity index (χ0) is 12.8. The maximum atomic E-state index is 11.5. The second-order valence-electron chi connectivity index (χ2n) is 3.41. The van der Waals surface area contributed by atoms with E-state index in [0.717, 1.165) is 5.56 Å². The van der Waals surface area contributed by atoms with Gasteiger partial charge in [0.25, 0.3) is 0 Å². The lowest BCUT2D eigenvalue weighted by Crippen LogP contribution is -2.10. The summed E-state index contributed by atoms with van der Waals surface area (Å²) in [5.74, 6) is -0.500. The Labute approximate surface area is 108 Å². The standard InChI is InChI=1S/C12H14BrNO3/c1-3-17-12(16)9-4-5-11(14-8(2)15)10(6-9)7-13/h4-6H,3,7H2,1-2H3,(H,14,15). The smallest absolute Gasteiger partial charge is 0.338 e. The monoisotopic (exact) mass is 299 g/mol. The molecule has 17 heavy (non-hydrogen) atoms. The summed E-state index contributed by atoms with van der Waals surface area (Å²) in [7, 11) is 0. The zero-order valence-electron chi connectivity index (χ0n) is 9.75. The molecule has 0 aromatic heterocycles. The van der Waals surface area contributed by atoms with Gasteiger partial charge >= 0.3 is 5.97 Å². The Kier molecular flexibility index (Phi) is 5.15. The number of alkyl halides is 1. The molecule has 92 valence electrons. The van der Waals surface area contributed by atoms with E-state index in [1.165, 1.54) is 6.92 Å². The van der Waals surface area contributed by atoms with Gasteiger partial charge in [0, 0.05) is 17.9 Å². The Balaban J connectivity index is 2.99. The molecular weight excluding hydrogens is 286 g/mol. The Bertz CT molecular complexity index is 432. The van der Waals surface area contributed by atoms with Gasteiger partial charge in [-0.05, 0) is 30.7 Å². The van der Waals surface area contributed by atoms with Crippen LogP contribution in [0.15, 0.2) is 18.2 Å². The Morgan fingerprint density at radius 3 is 2.65 bits per heavy atom. The number of anilines is 1. The normalized spacial score (nSPS) is 9.82. The van der Waals surface area contributed by atoms with Crippen LogP contribution in [-0.4, -0.2) is 18.5 Å². The van der Waals surface area contributed by atoms with E-state index in [-0.39, 0.29) is 11.9 Å². The van der Waals surface area contributed by atoms with Crippen LogP contribution in [0, 0.1) is 0 Å². The molecule has 0 fully saturated rings. The van der Waals surface area contributed by atoms with Crippen LogP contribution in [0.25, 0.3) is 0 Å². The number of halogens is 1. The minimum absolute atomic E-state index is 0.143. The number of benzene rings is 1. The van der Waals surface area contributed by atoms with Gasteiger partial charge in [0.15, 0.2) is 0 Å². The zero-order valence-corrected chi connectivity index (χ0v) is 11.3. The average Bonchev–Trinajstić information content (AvgIpc) is 2.29. The third kappa shape index (κ3) is 3.85. The fraction of sp³-hybridized carbons (Fsp3) is 0.333. The summed E-state index contributed by atoms with van der Waals surface area (Å²) in [5.41, 5.74) is 2.02. The summed E-state index contributed by atoms with van der Waals surface area (Å²) >= 11 is 3.32. The first-order chi connectivity index (χ1) is 8.08. The predicted molar refractivity (Wildman–Crippen MR) is 69.3 cm³/mol. The maximum absolute atomic E-state index is 11.5. The molecule has 1 rings (SSSR count). The summed E-state index contributed by atoms with van der Waals surface area (Å²) in [6.45, 7) is 3.54. The molecule has 0 aliphatic carbocycles. The predicted octanol–water partition coefficient (Wildman–Crippen LogP) is 2.72. The van der Waals surface area contributed by atoms with Gasteiger partial charge < -0.3 is 10.1 Å². The van der Waals surface area contributed by atoms with Gasteiger partial charge in [0.2, 0.25) is 5.91 Å². The van der Waals surface area contributed by atoms with Crippen LogP contribution < -0.4 is 5.32 Å². The highest BCUT2D eigenvalue weighted by Gasteiger charge is 2.10. The van der Waals surface area contributed by atoms with Gasteiger partial charge in [-0.3, -0.25) is 4.79 Å². The maximum Gasteiger partial charge on any atom is 0.338 e. The first kappa shape index (κ1) is 13.7. The molecule has 0 saturated heterocycles. The number of esters is 1. The molecule has 4 nitrogen and oxygen atoms in total. The first-order valence-electron chi connectivity index (χ1n) is 5.22. The van der Waals surface area contributed by atoms with E-state index in [4.69, 9.17) is 4.74 Å². The second kappa shape index (κ2) is 6.39. The molecule has 0 aliphatic heterocycles. The largest absolute Gasteiger partial charge is 0.462 e. The van der Waals surface area contributed by atoms with E-state index < -0.39 is 0 Å². The fourth-order valence-electron chi connectivity index (χ4n) is 1.36. The lowest BCUT2D eigenvalue weighted by molar-refractivity contribution is -0.114. The number of nitrogens with one attached hydrogen (secondary N) is 1. The van der Waals surface area contributed by atoms with E-state index in [1.807, 2.05) is 0 Å². The molecule has 0 heterocycles. The van der Waals surface area contributed by atoms with Crippen LogP contribution in [0.3, 0.4) is 0 Å². The highest BCUT2D eigenvalue weighted by Crippen LogP contribution is 2.20. The van der Waals surface area contributed by atoms with Gasteiger partial charge in [0.1, 0.15) is 0 Å². The quantitative estimate of drug-likeness (QED) is 0.687. The average molecular weight is 300 g/mol. The fourth-order valence-corrected chi connectivity index (χ4v) is 1.82. The molecule has 1 aromatic rings. The number of carbonyl (C=O) groups is 2. The Morgan fingerprint density at radius 2 is 2.12 bits per heavy atom. The van der Waals surface area contributed by atoms with Gasteiger partial charge in [-0.1, -0.05) is 15.9 Å². The van der Waals surface area contributed by atoms with Crippen molar-refractivity contribution >= 4 is 33.5 Å². The molecule has 0 bridgehead atoms. The lowest BCUT2D eigenvalue weighted by atomic mass is 10.1. The van der Waals surface area contributed by atoms with Gasteiger partial charge in [-0.25, -0.2) is 4.79 Å². The Hall–Kier alpha value is -1.36. The number of hydrogen-bond acceptors (Lipinski definition) is 3. The molecule has 0 spiro atoms. The molecular formula is C12H14BrNO3. The van der Waals surface area contributed by atoms with E-state index in [1.54, 1.807) is 25.1 Å². The molecule has 0 unspecified atom stereocenters. The summed E-state index contributed by atoms with van der Waals surface area (Å²) < 4.78 is 4.91. The summed E-state index contributed by atoms with van der Waals surface area (Å²) in [6, 6.07) is 5.04. The molecule has 0 saturated carbocycles. The number of hydrogen-bond donors (Lipinski definition) is 1. The SMILES string of the molecule is CCOC(=O)c1ccc(NC(C)=O)c(CBr)c1. The highest BCUT2D eigenvalue weighted by molar-refractivity contribution is 9.08. The van der Waals surface area contributed by atoms with Crippen LogP contribution in [0.5, 0.6) is 0 Å². The van der Waals surface area contributed by atoms with Crippen molar-refractivity contribution in [3.63, 3.8) is 0 Å². The molecule has 5 heteroatoms.